The summed E-state index contributed by atoms with van der Waals surface area (Å²) < 4.78 is 5.33. The maximum Gasteiger partial charge on any atom is 0.410 e. The lowest BCUT2D eigenvalue weighted by atomic mass is 10.2. The number of nitrogens with zero attached hydrogens (tertiary/aromatic N) is 1. The summed E-state index contributed by atoms with van der Waals surface area (Å²) in [6, 6.07) is 0. The predicted octanol–water partition coefficient (Wildman–Crippen LogP) is 1.69. The summed E-state index contributed by atoms with van der Waals surface area (Å²) in [7, 11) is 0. The zero-order chi connectivity index (χ0) is 12.2. The van der Waals surface area contributed by atoms with Gasteiger partial charge in [0, 0.05) is 30.6 Å². The van der Waals surface area contributed by atoms with Gasteiger partial charge in [0.25, 0.3) is 0 Å². The number of ether oxygens (including phenoxy) is 1. The van der Waals surface area contributed by atoms with Crippen molar-refractivity contribution in [2.24, 2.45) is 5.73 Å². The predicted molar refractivity (Wildman–Crippen MR) is 67.7 cm³/mol. The van der Waals surface area contributed by atoms with E-state index in [0.717, 1.165) is 25.3 Å². The fraction of sp³-hybridized carbons (Fsp3) is 0.909. The van der Waals surface area contributed by atoms with Gasteiger partial charge in [0.05, 0.1) is 0 Å². The summed E-state index contributed by atoms with van der Waals surface area (Å²) in [6.07, 6.45) is 0.854. The van der Waals surface area contributed by atoms with Gasteiger partial charge in [-0.25, -0.2) is 4.79 Å². The van der Waals surface area contributed by atoms with Gasteiger partial charge in [-0.15, -0.1) is 0 Å². The Kier molecular flexibility index (Phi) is 4.92. The lowest BCUT2D eigenvalue weighted by Gasteiger charge is -2.24. The Balaban J connectivity index is 2.32. The van der Waals surface area contributed by atoms with Crippen LogP contribution in [0.25, 0.3) is 0 Å². The minimum atomic E-state index is -0.403. The molecule has 1 rings (SSSR count). The molecule has 1 unspecified atom stereocenters. The van der Waals surface area contributed by atoms with Gasteiger partial charge >= 0.3 is 6.09 Å². The highest BCUT2D eigenvalue weighted by atomic mass is 32.2. The minimum Gasteiger partial charge on any atom is -0.444 e. The molecule has 1 heterocycles. The molecule has 1 fully saturated rings. The SMILES string of the molecule is CC(C)(C)OC(=O)N1CCC(SCCN)C1. The van der Waals surface area contributed by atoms with Crippen LogP contribution in [0.5, 0.6) is 0 Å². The van der Waals surface area contributed by atoms with Crippen LogP contribution in [0.2, 0.25) is 0 Å². The third-order valence-corrected chi connectivity index (χ3v) is 3.60. The molecule has 0 bridgehead atoms. The summed E-state index contributed by atoms with van der Waals surface area (Å²) in [5.41, 5.74) is 5.06. The van der Waals surface area contributed by atoms with Crippen molar-refractivity contribution in [2.45, 2.75) is 38.0 Å². The van der Waals surface area contributed by atoms with Crippen LogP contribution in [-0.2, 0) is 4.74 Å². The van der Waals surface area contributed by atoms with E-state index in [1.807, 2.05) is 32.5 Å². The molecule has 2 N–H and O–H groups in total. The van der Waals surface area contributed by atoms with Gasteiger partial charge in [0.15, 0.2) is 0 Å². The Morgan fingerprint density at radius 1 is 1.56 bits per heavy atom. The molecule has 5 heteroatoms. The molecule has 0 aromatic carbocycles. The molecule has 1 amide bonds. The Hall–Kier alpha value is -0.420. The molecule has 0 radical (unpaired) electrons. The first-order valence-corrected chi connectivity index (χ1v) is 6.77. The van der Waals surface area contributed by atoms with E-state index < -0.39 is 5.60 Å². The van der Waals surface area contributed by atoms with Crippen molar-refractivity contribution in [1.29, 1.82) is 0 Å². The zero-order valence-electron chi connectivity index (χ0n) is 10.4. The van der Waals surface area contributed by atoms with Gasteiger partial charge < -0.3 is 15.4 Å². The average molecular weight is 246 g/mol. The second-order valence-corrected chi connectivity index (χ2v) is 6.40. The first-order valence-electron chi connectivity index (χ1n) is 5.72. The molecule has 94 valence electrons. The normalized spacial score (nSPS) is 21.2. The first kappa shape index (κ1) is 13.6. The topological polar surface area (TPSA) is 55.6 Å². The Morgan fingerprint density at radius 2 is 2.25 bits per heavy atom. The number of amides is 1. The molecule has 0 aromatic rings. The van der Waals surface area contributed by atoms with E-state index >= 15 is 0 Å². The van der Waals surface area contributed by atoms with Gasteiger partial charge in [-0.05, 0) is 27.2 Å². The molecule has 1 saturated heterocycles. The van der Waals surface area contributed by atoms with E-state index in [1.54, 1.807) is 4.90 Å². The molecule has 0 aromatic heterocycles. The van der Waals surface area contributed by atoms with Crippen LogP contribution in [-0.4, -0.2) is 47.2 Å². The molecular weight excluding hydrogens is 224 g/mol. The van der Waals surface area contributed by atoms with E-state index in [2.05, 4.69) is 0 Å². The highest BCUT2D eigenvalue weighted by Crippen LogP contribution is 2.23. The molecule has 0 aliphatic carbocycles. The summed E-state index contributed by atoms with van der Waals surface area (Å²) >= 11 is 1.85. The van der Waals surface area contributed by atoms with Crippen LogP contribution >= 0.6 is 11.8 Å². The van der Waals surface area contributed by atoms with Crippen molar-refractivity contribution < 1.29 is 9.53 Å². The van der Waals surface area contributed by atoms with Gasteiger partial charge in [-0.2, -0.15) is 11.8 Å². The molecule has 4 nitrogen and oxygen atoms in total. The summed E-state index contributed by atoms with van der Waals surface area (Å²) in [6.45, 7) is 7.97. The van der Waals surface area contributed by atoms with Crippen LogP contribution in [0.1, 0.15) is 27.2 Å². The highest BCUT2D eigenvalue weighted by Gasteiger charge is 2.29. The average Bonchev–Trinajstić information content (AvgIpc) is 2.60. The third kappa shape index (κ3) is 4.61. The van der Waals surface area contributed by atoms with E-state index in [1.165, 1.54) is 0 Å². The van der Waals surface area contributed by atoms with Crippen molar-refractivity contribution in [2.75, 3.05) is 25.4 Å². The number of carbonyl (C=O) groups excluding carboxylic acids is 1. The highest BCUT2D eigenvalue weighted by molar-refractivity contribution is 7.99. The fourth-order valence-electron chi connectivity index (χ4n) is 1.59. The number of nitrogens with two attached hydrogens (primary N) is 1. The first-order chi connectivity index (χ1) is 7.42. The van der Waals surface area contributed by atoms with E-state index in [-0.39, 0.29) is 6.09 Å². The third-order valence-electron chi connectivity index (χ3n) is 2.27. The maximum absolute atomic E-state index is 11.8. The van der Waals surface area contributed by atoms with Crippen molar-refractivity contribution >= 4 is 17.9 Å². The van der Waals surface area contributed by atoms with Gasteiger partial charge in [0.1, 0.15) is 5.60 Å². The quantitative estimate of drug-likeness (QED) is 0.823. The second kappa shape index (κ2) is 5.77. The van der Waals surface area contributed by atoms with Crippen LogP contribution in [0.15, 0.2) is 0 Å². The molecular formula is C11H22N2O2S. The Bertz CT molecular complexity index is 241. The summed E-state index contributed by atoms with van der Waals surface area (Å²) in [5, 5.41) is 0.524. The molecule has 16 heavy (non-hydrogen) atoms. The van der Waals surface area contributed by atoms with E-state index in [0.29, 0.717) is 11.8 Å². The van der Waals surface area contributed by atoms with Crippen LogP contribution < -0.4 is 5.73 Å². The largest absolute Gasteiger partial charge is 0.444 e. The molecule has 1 atom stereocenters. The maximum atomic E-state index is 11.8. The van der Waals surface area contributed by atoms with Crippen LogP contribution in [0.3, 0.4) is 0 Å². The number of thioether (sulfide) groups is 1. The number of hydrogen-bond acceptors (Lipinski definition) is 4. The van der Waals surface area contributed by atoms with Gasteiger partial charge in [-0.1, -0.05) is 0 Å². The smallest absolute Gasteiger partial charge is 0.410 e. The van der Waals surface area contributed by atoms with Crippen molar-refractivity contribution in [3.05, 3.63) is 0 Å². The molecule has 1 aliphatic rings. The molecule has 0 spiro atoms. The lowest BCUT2D eigenvalue weighted by Crippen LogP contribution is -2.35. The van der Waals surface area contributed by atoms with Crippen LogP contribution in [0, 0.1) is 0 Å². The molecule has 1 aliphatic heterocycles. The Morgan fingerprint density at radius 3 is 2.81 bits per heavy atom. The minimum absolute atomic E-state index is 0.191. The van der Waals surface area contributed by atoms with Crippen LogP contribution in [0.4, 0.5) is 4.79 Å². The number of hydrogen-bond donors (Lipinski definition) is 1. The van der Waals surface area contributed by atoms with Gasteiger partial charge in [0.2, 0.25) is 0 Å². The fourth-order valence-corrected chi connectivity index (χ4v) is 2.62. The molecule has 0 saturated carbocycles. The van der Waals surface area contributed by atoms with Crippen molar-refractivity contribution in [3.63, 3.8) is 0 Å². The number of carbonyl (C=O) groups is 1. The summed E-state index contributed by atoms with van der Waals surface area (Å²) in [5.74, 6) is 0.965. The standard InChI is InChI=1S/C11H22N2O2S/c1-11(2,3)15-10(14)13-6-4-9(8-13)16-7-5-12/h9H,4-8,12H2,1-3H3. The summed E-state index contributed by atoms with van der Waals surface area (Å²) in [4.78, 5) is 13.5. The van der Waals surface area contributed by atoms with Crippen molar-refractivity contribution in [1.82, 2.24) is 4.90 Å². The number of rotatable bonds is 3. The van der Waals surface area contributed by atoms with Gasteiger partial charge in [-0.3, -0.25) is 0 Å². The van der Waals surface area contributed by atoms with E-state index in [4.69, 9.17) is 10.5 Å². The second-order valence-electron chi connectivity index (χ2n) is 5.00. The lowest BCUT2D eigenvalue weighted by molar-refractivity contribution is 0.0295. The van der Waals surface area contributed by atoms with Crippen molar-refractivity contribution in [3.8, 4) is 0 Å². The Labute approximate surface area is 102 Å². The monoisotopic (exact) mass is 246 g/mol. The zero-order valence-corrected chi connectivity index (χ0v) is 11.2. The van der Waals surface area contributed by atoms with E-state index in [9.17, 15) is 4.79 Å². The number of likely N-dealkylation sites (tertiary alicyclic amines) is 1.